The molecule has 4 rings (SSSR count). The molecule has 1 aromatic carbocycles. The minimum Gasteiger partial charge on any atom is -0.353 e. The van der Waals surface area contributed by atoms with Crippen LogP contribution in [0.4, 0.5) is 11.6 Å². The van der Waals surface area contributed by atoms with E-state index in [-0.39, 0.29) is 0 Å². The van der Waals surface area contributed by atoms with E-state index in [9.17, 15) is 0 Å². The Morgan fingerprint density at radius 2 is 1.64 bits per heavy atom. The second kappa shape index (κ2) is 6.36. The van der Waals surface area contributed by atoms with Crippen LogP contribution in [0.3, 0.4) is 0 Å². The van der Waals surface area contributed by atoms with Gasteiger partial charge in [-0.05, 0) is 43.3 Å². The van der Waals surface area contributed by atoms with Crippen LogP contribution in [0.5, 0.6) is 0 Å². The van der Waals surface area contributed by atoms with Crippen molar-refractivity contribution in [3.8, 4) is 6.07 Å². The molecule has 1 aliphatic heterocycles. The molecule has 124 valence electrons. The van der Waals surface area contributed by atoms with E-state index in [1.54, 1.807) is 0 Å². The monoisotopic (exact) mass is 330 g/mol. The van der Waals surface area contributed by atoms with Gasteiger partial charge in [0.25, 0.3) is 0 Å². The molecule has 3 heterocycles. The Bertz CT molecular complexity index is 954. The molecule has 1 saturated heterocycles. The van der Waals surface area contributed by atoms with Gasteiger partial charge < -0.3 is 9.80 Å². The summed E-state index contributed by atoms with van der Waals surface area (Å²) in [7, 11) is 0. The number of pyridine rings is 1. The molecule has 0 amide bonds. The van der Waals surface area contributed by atoms with Crippen LogP contribution in [0.1, 0.15) is 11.4 Å². The quantitative estimate of drug-likeness (QED) is 0.719. The number of hydrogen-bond donors (Lipinski definition) is 0. The molecule has 25 heavy (non-hydrogen) atoms. The van der Waals surface area contributed by atoms with Crippen LogP contribution in [-0.4, -0.2) is 41.1 Å². The van der Waals surface area contributed by atoms with Gasteiger partial charge in [0.1, 0.15) is 17.5 Å². The first-order chi connectivity index (χ1) is 12.2. The number of piperazine rings is 1. The third-order valence-electron chi connectivity index (χ3n) is 4.49. The summed E-state index contributed by atoms with van der Waals surface area (Å²) in [5, 5.41) is 10.00. The summed E-state index contributed by atoms with van der Waals surface area (Å²) in [5.41, 5.74) is 1.58. The largest absolute Gasteiger partial charge is 0.353 e. The van der Waals surface area contributed by atoms with Crippen molar-refractivity contribution in [3.05, 3.63) is 54.0 Å². The molecule has 1 fully saturated rings. The number of anilines is 2. The third-order valence-corrected chi connectivity index (χ3v) is 4.49. The lowest BCUT2D eigenvalue weighted by Gasteiger charge is -2.36. The summed E-state index contributed by atoms with van der Waals surface area (Å²) in [6.07, 6.45) is 1.81. The Kier molecular flexibility index (Phi) is 3.90. The molecule has 0 N–H and O–H groups in total. The highest BCUT2D eigenvalue weighted by Crippen LogP contribution is 2.21. The van der Waals surface area contributed by atoms with Gasteiger partial charge in [-0.1, -0.05) is 0 Å². The number of nitriles is 1. The molecule has 0 atom stereocenters. The number of hydrogen-bond acceptors (Lipinski definition) is 6. The van der Waals surface area contributed by atoms with Gasteiger partial charge >= 0.3 is 0 Å². The summed E-state index contributed by atoms with van der Waals surface area (Å²) in [6.45, 7) is 5.53. The zero-order chi connectivity index (χ0) is 17.2. The third kappa shape index (κ3) is 3.09. The van der Waals surface area contributed by atoms with Crippen molar-refractivity contribution in [3.63, 3.8) is 0 Å². The van der Waals surface area contributed by atoms with Crippen molar-refractivity contribution in [2.45, 2.75) is 6.92 Å². The predicted octanol–water partition coefficient (Wildman–Crippen LogP) is 2.53. The van der Waals surface area contributed by atoms with Gasteiger partial charge in [-0.3, -0.25) is 0 Å². The van der Waals surface area contributed by atoms with E-state index in [2.05, 4.69) is 25.8 Å². The van der Waals surface area contributed by atoms with E-state index in [1.807, 2.05) is 49.5 Å². The SMILES string of the molecule is Cc1nccc(N2CCN(c3ccc4cc(C#N)ccc4n3)CC2)n1. The van der Waals surface area contributed by atoms with Crippen molar-refractivity contribution < 1.29 is 0 Å². The minimum atomic E-state index is 0.663. The maximum atomic E-state index is 9.00. The maximum absolute atomic E-state index is 9.00. The predicted molar refractivity (Wildman–Crippen MR) is 97.7 cm³/mol. The Morgan fingerprint density at radius 1 is 0.920 bits per heavy atom. The number of nitrogens with zero attached hydrogens (tertiary/aromatic N) is 6. The van der Waals surface area contributed by atoms with Gasteiger partial charge in [-0.2, -0.15) is 5.26 Å². The highest BCUT2D eigenvalue weighted by atomic mass is 15.3. The molecule has 3 aromatic rings. The average Bonchev–Trinajstić information content (AvgIpc) is 2.67. The number of fused-ring (bicyclic) bond motifs is 1. The molecule has 0 aliphatic carbocycles. The van der Waals surface area contributed by atoms with Gasteiger partial charge in [0, 0.05) is 37.8 Å². The van der Waals surface area contributed by atoms with Crippen LogP contribution in [0.25, 0.3) is 10.9 Å². The first-order valence-corrected chi connectivity index (χ1v) is 8.33. The van der Waals surface area contributed by atoms with Crippen molar-refractivity contribution in [1.29, 1.82) is 5.26 Å². The summed E-state index contributed by atoms with van der Waals surface area (Å²) in [5.74, 6) is 2.77. The molecule has 1 aliphatic rings. The van der Waals surface area contributed by atoms with E-state index in [4.69, 9.17) is 10.2 Å². The van der Waals surface area contributed by atoms with Gasteiger partial charge in [0.05, 0.1) is 17.1 Å². The first-order valence-electron chi connectivity index (χ1n) is 8.33. The maximum Gasteiger partial charge on any atom is 0.132 e. The number of aromatic nitrogens is 3. The van der Waals surface area contributed by atoms with Gasteiger partial charge in [-0.15, -0.1) is 0 Å². The summed E-state index contributed by atoms with van der Waals surface area (Å²) in [4.78, 5) is 18.0. The molecule has 0 radical (unpaired) electrons. The van der Waals surface area contributed by atoms with E-state index < -0.39 is 0 Å². The summed E-state index contributed by atoms with van der Waals surface area (Å²) >= 11 is 0. The second-order valence-electron chi connectivity index (χ2n) is 6.12. The molecular formula is C19H18N6. The Hall–Kier alpha value is -3.20. The molecule has 6 nitrogen and oxygen atoms in total. The Balaban J connectivity index is 1.50. The highest BCUT2D eigenvalue weighted by Gasteiger charge is 2.19. The topological polar surface area (TPSA) is 68.9 Å². The van der Waals surface area contributed by atoms with E-state index in [1.165, 1.54) is 0 Å². The van der Waals surface area contributed by atoms with Gasteiger partial charge in [0.15, 0.2) is 0 Å². The van der Waals surface area contributed by atoms with Crippen LogP contribution in [0.2, 0.25) is 0 Å². The fraction of sp³-hybridized carbons (Fsp3) is 0.263. The van der Waals surface area contributed by atoms with Gasteiger partial charge in [0.2, 0.25) is 0 Å². The lowest BCUT2D eigenvalue weighted by atomic mass is 10.1. The molecule has 0 saturated carbocycles. The number of rotatable bonds is 2. The Morgan fingerprint density at radius 3 is 2.32 bits per heavy atom. The molecule has 0 bridgehead atoms. The number of aryl methyl sites for hydroxylation is 1. The first kappa shape index (κ1) is 15.3. The van der Waals surface area contributed by atoms with Crippen molar-refractivity contribution in [1.82, 2.24) is 15.0 Å². The fourth-order valence-corrected chi connectivity index (χ4v) is 3.14. The van der Waals surface area contributed by atoms with Crippen molar-refractivity contribution >= 4 is 22.5 Å². The normalized spacial score (nSPS) is 14.6. The zero-order valence-electron chi connectivity index (χ0n) is 14.1. The molecule has 0 unspecified atom stereocenters. The highest BCUT2D eigenvalue weighted by molar-refractivity contribution is 5.81. The van der Waals surface area contributed by atoms with Crippen LogP contribution in [0.15, 0.2) is 42.6 Å². The van der Waals surface area contributed by atoms with Crippen molar-refractivity contribution in [2.24, 2.45) is 0 Å². The van der Waals surface area contributed by atoms with Crippen molar-refractivity contribution in [2.75, 3.05) is 36.0 Å². The van der Waals surface area contributed by atoms with Gasteiger partial charge in [-0.25, -0.2) is 15.0 Å². The minimum absolute atomic E-state index is 0.663. The smallest absolute Gasteiger partial charge is 0.132 e. The molecule has 2 aromatic heterocycles. The second-order valence-corrected chi connectivity index (χ2v) is 6.12. The van der Waals surface area contributed by atoms with E-state index in [0.717, 1.165) is 54.5 Å². The summed E-state index contributed by atoms with van der Waals surface area (Å²) < 4.78 is 0. The Labute approximate surface area is 146 Å². The average molecular weight is 330 g/mol. The van der Waals surface area contributed by atoms with Crippen LogP contribution in [0, 0.1) is 18.3 Å². The van der Waals surface area contributed by atoms with E-state index in [0.29, 0.717) is 5.56 Å². The molecular weight excluding hydrogens is 312 g/mol. The van der Waals surface area contributed by atoms with Crippen LogP contribution < -0.4 is 9.80 Å². The zero-order valence-corrected chi connectivity index (χ0v) is 14.1. The standard InChI is InChI=1S/C19H18N6/c1-14-21-7-6-19(22-14)25-10-8-24(9-11-25)18-5-3-16-12-15(13-20)2-4-17(16)23-18/h2-7,12H,8-11H2,1H3. The molecule has 6 heteroatoms. The fourth-order valence-electron chi connectivity index (χ4n) is 3.14. The molecule has 0 spiro atoms. The van der Waals surface area contributed by atoms with Crippen LogP contribution in [-0.2, 0) is 0 Å². The number of benzene rings is 1. The lowest BCUT2D eigenvalue weighted by Crippen LogP contribution is -2.47. The van der Waals surface area contributed by atoms with Crippen LogP contribution >= 0.6 is 0 Å². The lowest BCUT2D eigenvalue weighted by molar-refractivity contribution is 0.641. The summed E-state index contributed by atoms with van der Waals surface area (Å²) in [6, 6.07) is 13.8. The van der Waals surface area contributed by atoms with E-state index >= 15 is 0 Å².